The van der Waals surface area contributed by atoms with Crippen molar-refractivity contribution in [1.82, 2.24) is 14.8 Å². The van der Waals surface area contributed by atoms with E-state index in [0.29, 0.717) is 12.4 Å². The third-order valence-corrected chi connectivity index (χ3v) is 3.68. The maximum Gasteiger partial charge on any atom is 0.240 e. The second-order valence-electron chi connectivity index (χ2n) is 5.37. The number of pyridine rings is 1. The molecular weight excluding hydrogens is 254 g/mol. The molecule has 5 heteroatoms. The molecule has 110 valence electrons. The molecule has 0 N–H and O–H groups in total. The first-order chi connectivity index (χ1) is 9.61. The van der Waals surface area contributed by atoms with Crippen molar-refractivity contribution in [2.75, 3.05) is 27.2 Å². The summed E-state index contributed by atoms with van der Waals surface area (Å²) in [4.78, 5) is 20.5. The van der Waals surface area contributed by atoms with Crippen molar-refractivity contribution in [3.8, 4) is 5.88 Å². The van der Waals surface area contributed by atoms with Crippen LogP contribution in [0, 0.1) is 0 Å². The van der Waals surface area contributed by atoms with Crippen LogP contribution in [0.1, 0.15) is 19.8 Å². The van der Waals surface area contributed by atoms with Crippen molar-refractivity contribution < 1.29 is 9.53 Å². The smallest absolute Gasteiger partial charge is 0.240 e. The van der Waals surface area contributed by atoms with E-state index in [4.69, 9.17) is 4.74 Å². The Balaban J connectivity index is 1.90. The summed E-state index contributed by atoms with van der Waals surface area (Å²) in [6.45, 7) is 3.46. The molecule has 0 saturated carbocycles. The number of hydrogen-bond donors (Lipinski definition) is 0. The van der Waals surface area contributed by atoms with Gasteiger partial charge in [-0.15, -0.1) is 0 Å². The van der Waals surface area contributed by atoms with Gasteiger partial charge in [-0.3, -0.25) is 9.69 Å². The van der Waals surface area contributed by atoms with E-state index in [1.807, 2.05) is 49.0 Å². The molecule has 0 aliphatic carbocycles. The molecule has 2 atom stereocenters. The fourth-order valence-corrected chi connectivity index (χ4v) is 2.58. The van der Waals surface area contributed by atoms with Gasteiger partial charge in [0, 0.05) is 25.2 Å². The Bertz CT molecular complexity index is 436. The minimum absolute atomic E-state index is 0.0383. The number of likely N-dealkylation sites (tertiary alicyclic amines) is 1. The van der Waals surface area contributed by atoms with E-state index in [2.05, 4.69) is 4.98 Å². The van der Waals surface area contributed by atoms with Crippen LogP contribution in [-0.2, 0) is 4.79 Å². The van der Waals surface area contributed by atoms with Gasteiger partial charge < -0.3 is 9.64 Å². The lowest BCUT2D eigenvalue weighted by atomic mass is 10.2. The Labute approximate surface area is 120 Å². The van der Waals surface area contributed by atoms with Crippen molar-refractivity contribution in [2.45, 2.75) is 31.9 Å². The molecule has 20 heavy (non-hydrogen) atoms. The van der Waals surface area contributed by atoms with Gasteiger partial charge in [0.05, 0.1) is 12.6 Å². The molecule has 1 aromatic heterocycles. The SMILES string of the molecule is CC[C@@H](C(=O)N1CC[C@@H](Oc2ccccn2)C1)N(C)C. The van der Waals surface area contributed by atoms with Crippen molar-refractivity contribution in [3.63, 3.8) is 0 Å². The van der Waals surface area contributed by atoms with Crippen LogP contribution in [0.2, 0.25) is 0 Å². The molecule has 1 aliphatic rings. The average molecular weight is 277 g/mol. The summed E-state index contributed by atoms with van der Waals surface area (Å²) >= 11 is 0. The summed E-state index contributed by atoms with van der Waals surface area (Å²) in [7, 11) is 3.90. The van der Waals surface area contributed by atoms with E-state index in [1.54, 1.807) is 6.20 Å². The molecule has 0 radical (unpaired) electrons. The zero-order valence-electron chi connectivity index (χ0n) is 12.5. The van der Waals surface area contributed by atoms with Crippen LogP contribution in [-0.4, -0.2) is 60.0 Å². The highest BCUT2D eigenvalue weighted by Crippen LogP contribution is 2.18. The number of aromatic nitrogens is 1. The minimum Gasteiger partial charge on any atom is -0.472 e. The molecule has 0 unspecified atom stereocenters. The quantitative estimate of drug-likeness (QED) is 0.816. The standard InChI is InChI=1S/C15H23N3O2/c1-4-13(17(2)3)15(19)18-10-8-12(11-18)20-14-7-5-6-9-16-14/h5-7,9,12-13H,4,8,10-11H2,1-3H3/t12-,13+/m1/s1. The first-order valence-corrected chi connectivity index (χ1v) is 7.14. The van der Waals surface area contributed by atoms with E-state index < -0.39 is 0 Å². The first-order valence-electron chi connectivity index (χ1n) is 7.14. The number of nitrogens with zero attached hydrogens (tertiary/aromatic N) is 3. The highest BCUT2D eigenvalue weighted by Gasteiger charge is 2.32. The van der Waals surface area contributed by atoms with E-state index in [9.17, 15) is 4.79 Å². The molecule has 1 fully saturated rings. The Morgan fingerprint density at radius 1 is 1.55 bits per heavy atom. The van der Waals surface area contributed by atoms with Crippen molar-refractivity contribution in [2.24, 2.45) is 0 Å². The van der Waals surface area contributed by atoms with Crippen LogP contribution in [0.25, 0.3) is 0 Å². The fraction of sp³-hybridized carbons (Fsp3) is 0.600. The summed E-state index contributed by atoms with van der Waals surface area (Å²) in [6, 6.07) is 5.57. The fourth-order valence-electron chi connectivity index (χ4n) is 2.58. The molecule has 0 spiro atoms. The lowest BCUT2D eigenvalue weighted by molar-refractivity contribution is -0.135. The van der Waals surface area contributed by atoms with Gasteiger partial charge in [0.15, 0.2) is 0 Å². The normalized spacial score (nSPS) is 20.2. The molecule has 5 nitrogen and oxygen atoms in total. The molecule has 1 amide bonds. The maximum atomic E-state index is 12.4. The van der Waals surface area contributed by atoms with Crippen molar-refractivity contribution in [1.29, 1.82) is 0 Å². The Morgan fingerprint density at radius 3 is 2.95 bits per heavy atom. The van der Waals surface area contributed by atoms with Gasteiger partial charge in [-0.1, -0.05) is 13.0 Å². The predicted octanol–water partition coefficient (Wildman–Crippen LogP) is 1.40. The van der Waals surface area contributed by atoms with Crippen LogP contribution >= 0.6 is 0 Å². The van der Waals surface area contributed by atoms with Gasteiger partial charge in [0.1, 0.15) is 6.10 Å². The van der Waals surface area contributed by atoms with E-state index in [0.717, 1.165) is 19.4 Å². The molecule has 1 saturated heterocycles. The van der Waals surface area contributed by atoms with Gasteiger partial charge in [-0.05, 0) is 26.6 Å². The number of likely N-dealkylation sites (N-methyl/N-ethyl adjacent to an activating group) is 1. The minimum atomic E-state index is -0.0383. The number of carbonyl (C=O) groups excluding carboxylic acids is 1. The monoisotopic (exact) mass is 277 g/mol. The number of ether oxygens (including phenoxy) is 1. The van der Waals surface area contributed by atoms with Crippen LogP contribution in [0.5, 0.6) is 5.88 Å². The highest BCUT2D eigenvalue weighted by atomic mass is 16.5. The second-order valence-corrected chi connectivity index (χ2v) is 5.37. The largest absolute Gasteiger partial charge is 0.472 e. The highest BCUT2D eigenvalue weighted by molar-refractivity contribution is 5.82. The van der Waals surface area contributed by atoms with Crippen LogP contribution < -0.4 is 4.74 Å². The molecule has 0 aromatic carbocycles. The van der Waals surface area contributed by atoms with Crippen LogP contribution in [0.15, 0.2) is 24.4 Å². The molecule has 1 aromatic rings. The van der Waals surface area contributed by atoms with Gasteiger partial charge in [0.25, 0.3) is 0 Å². The van der Waals surface area contributed by atoms with E-state index in [-0.39, 0.29) is 18.1 Å². The number of amides is 1. The van der Waals surface area contributed by atoms with Gasteiger partial charge >= 0.3 is 0 Å². The molecule has 1 aliphatic heterocycles. The summed E-state index contributed by atoms with van der Waals surface area (Å²) in [6.07, 6.45) is 3.46. The number of rotatable bonds is 5. The topological polar surface area (TPSA) is 45.7 Å². The van der Waals surface area contributed by atoms with Crippen LogP contribution in [0.3, 0.4) is 0 Å². The van der Waals surface area contributed by atoms with Gasteiger partial charge in [-0.25, -0.2) is 4.98 Å². The van der Waals surface area contributed by atoms with Crippen molar-refractivity contribution in [3.05, 3.63) is 24.4 Å². The summed E-state index contributed by atoms with van der Waals surface area (Å²) in [5.74, 6) is 0.830. The van der Waals surface area contributed by atoms with E-state index >= 15 is 0 Å². The zero-order valence-corrected chi connectivity index (χ0v) is 12.5. The summed E-state index contributed by atoms with van der Waals surface area (Å²) in [5.41, 5.74) is 0. The van der Waals surface area contributed by atoms with E-state index in [1.165, 1.54) is 0 Å². The predicted molar refractivity (Wildman–Crippen MR) is 77.6 cm³/mol. The van der Waals surface area contributed by atoms with Crippen LogP contribution in [0.4, 0.5) is 0 Å². The number of hydrogen-bond acceptors (Lipinski definition) is 4. The Kier molecular flexibility index (Phi) is 4.95. The third-order valence-electron chi connectivity index (χ3n) is 3.68. The molecule has 2 heterocycles. The number of carbonyl (C=O) groups is 1. The Hall–Kier alpha value is -1.62. The van der Waals surface area contributed by atoms with Gasteiger partial charge in [0.2, 0.25) is 11.8 Å². The lowest BCUT2D eigenvalue weighted by Gasteiger charge is -2.27. The molecule has 0 bridgehead atoms. The van der Waals surface area contributed by atoms with Crippen molar-refractivity contribution >= 4 is 5.91 Å². The lowest BCUT2D eigenvalue weighted by Crippen LogP contribution is -2.45. The molecular formula is C15H23N3O2. The summed E-state index contributed by atoms with van der Waals surface area (Å²) < 4.78 is 5.81. The van der Waals surface area contributed by atoms with Gasteiger partial charge in [-0.2, -0.15) is 0 Å². The third kappa shape index (κ3) is 3.48. The zero-order chi connectivity index (χ0) is 14.5. The Morgan fingerprint density at radius 2 is 2.35 bits per heavy atom. The first kappa shape index (κ1) is 14.8. The average Bonchev–Trinajstić information content (AvgIpc) is 2.88. The maximum absolute atomic E-state index is 12.4. The second kappa shape index (κ2) is 6.70. The molecule has 2 rings (SSSR count). The summed E-state index contributed by atoms with van der Waals surface area (Å²) in [5, 5.41) is 0.